The van der Waals surface area contributed by atoms with E-state index in [0.717, 1.165) is 5.56 Å². The summed E-state index contributed by atoms with van der Waals surface area (Å²) in [4.78, 5) is 61.9. The molecule has 4 amide bonds. The third-order valence-corrected chi connectivity index (χ3v) is 6.34. The zero-order chi connectivity index (χ0) is 26.0. The summed E-state index contributed by atoms with van der Waals surface area (Å²) in [5.41, 5.74) is 0.780. The van der Waals surface area contributed by atoms with Gasteiger partial charge in [-0.1, -0.05) is 44.2 Å². The minimum atomic E-state index is -1.15. The van der Waals surface area contributed by atoms with Gasteiger partial charge in [-0.15, -0.1) is 0 Å². The molecule has 0 bridgehead atoms. The monoisotopic (exact) mass is 506 g/mol. The van der Waals surface area contributed by atoms with Gasteiger partial charge in [0.1, 0.15) is 24.2 Å². The van der Waals surface area contributed by atoms with Crippen molar-refractivity contribution in [1.29, 1.82) is 0 Å². The maximum atomic E-state index is 13.2. The Kier molecular flexibility index (Phi) is 11.0. The van der Waals surface area contributed by atoms with Crippen LogP contribution >= 0.6 is 11.8 Å². The molecule has 35 heavy (non-hydrogen) atoms. The van der Waals surface area contributed by atoms with Crippen molar-refractivity contribution in [2.45, 2.75) is 63.7 Å². The Labute approximate surface area is 209 Å². The van der Waals surface area contributed by atoms with Crippen molar-refractivity contribution < 1.29 is 29.1 Å². The van der Waals surface area contributed by atoms with Crippen LogP contribution in [0.25, 0.3) is 0 Å². The highest BCUT2D eigenvalue weighted by molar-refractivity contribution is 7.98. The summed E-state index contributed by atoms with van der Waals surface area (Å²) in [6.07, 6.45) is 2.83. The topological polar surface area (TPSA) is 154 Å². The van der Waals surface area contributed by atoms with Gasteiger partial charge in [0.05, 0.1) is 0 Å². The van der Waals surface area contributed by atoms with E-state index in [4.69, 9.17) is 0 Å². The van der Waals surface area contributed by atoms with Gasteiger partial charge in [0.15, 0.2) is 0 Å². The lowest BCUT2D eigenvalue weighted by Crippen LogP contribution is -2.59. The number of carboxylic acid groups (broad SMARTS) is 1. The van der Waals surface area contributed by atoms with Crippen LogP contribution in [0.2, 0.25) is 0 Å². The van der Waals surface area contributed by atoms with Gasteiger partial charge in [0.2, 0.25) is 23.6 Å². The number of carbonyl (C=O) groups excluding carboxylic acids is 4. The van der Waals surface area contributed by atoms with Crippen LogP contribution in [0.15, 0.2) is 30.3 Å². The molecule has 1 fully saturated rings. The van der Waals surface area contributed by atoms with Crippen molar-refractivity contribution in [3.8, 4) is 0 Å². The second kappa shape index (κ2) is 13.7. The van der Waals surface area contributed by atoms with Crippen LogP contribution in [0.1, 0.15) is 38.7 Å². The van der Waals surface area contributed by atoms with Gasteiger partial charge in [-0.05, 0) is 36.3 Å². The number of amides is 4. The first-order valence-corrected chi connectivity index (χ1v) is 13.0. The first kappa shape index (κ1) is 28.2. The van der Waals surface area contributed by atoms with Crippen LogP contribution in [0, 0.1) is 5.92 Å². The Bertz CT molecular complexity index is 911. The van der Waals surface area contributed by atoms with Gasteiger partial charge in [-0.25, -0.2) is 4.79 Å². The highest BCUT2D eigenvalue weighted by Crippen LogP contribution is 2.11. The lowest BCUT2D eigenvalue weighted by atomic mass is 10.00. The standard InChI is InChI=1S/C24H34N4O6S/c1-14(2)20(28-21(30)16-9-10-19(29)25-16)23(32)27-18(13-15-7-5-4-6-8-15)22(31)26-17(24(33)34)11-12-35-3/h4-8,14,16-18,20H,9-13H2,1-3H3,(H,25,29)(H,26,31)(H,27,32)(H,28,30)(H,33,34)/t16-,17-,18-,20-/m0/s1. The van der Waals surface area contributed by atoms with Gasteiger partial charge >= 0.3 is 5.97 Å². The molecule has 1 aliphatic rings. The summed E-state index contributed by atoms with van der Waals surface area (Å²) in [5, 5.41) is 20.0. The normalized spacial score (nSPS) is 17.7. The summed E-state index contributed by atoms with van der Waals surface area (Å²) in [6, 6.07) is 5.26. The predicted molar refractivity (Wildman–Crippen MR) is 133 cm³/mol. The van der Waals surface area contributed by atoms with E-state index in [9.17, 15) is 29.1 Å². The second-order valence-corrected chi connectivity index (χ2v) is 9.81. The quantitative estimate of drug-likeness (QED) is 0.260. The SMILES string of the molecule is CSCC[C@H](NC(=O)[C@H](Cc1ccccc1)NC(=O)[C@@H](NC(=O)[C@@H]1CCC(=O)N1)C(C)C)C(=O)O. The molecule has 10 nitrogen and oxygen atoms in total. The zero-order valence-electron chi connectivity index (χ0n) is 20.2. The molecule has 1 aliphatic heterocycles. The van der Waals surface area contributed by atoms with E-state index >= 15 is 0 Å². The van der Waals surface area contributed by atoms with E-state index < -0.39 is 47.9 Å². The molecular weight excluding hydrogens is 472 g/mol. The molecule has 0 spiro atoms. The number of thioether (sulfide) groups is 1. The number of carboxylic acids is 1. The smallest absolute Gasteiger partial charge is 0.326 e. The number of nitrogens with one attached hydrogen (secondary N) is 4. The fourth-order valence-electron chi connectivity index (χ4n) is 3.69. The van der Waals surface area contributed by atoms with Crippen molar-refractivity contribution in [2.24, 2.45) is 5.92 Å². The van der Waals surface area contributed by atoms with Crippen molar-refractivity contribution in [2.75, 3.05) is 12.0 Å². The molecule has 2 rings (SSSR count). The Hall–Kier alpha value is -3.08. The second-order valence-electron chi connectivity index (χ2n) is 8.82. The summed E-state index contributed by atoms with van der Waals surface area (Å²) in [7, 11) is 0. The number of benzene rings is 1. The maximum Gasteiger partial charge on any atom is 0.326 e. The molecule has 0 radical (unpaired) electrons. The molecule has 192 valence electrons. The van der Waals surface area contributed by atoms with Crippen molar-refractivity contribution in [1.82, 2.24) is 21.3 Å². The Balaban J connectivity index is 2.16. The third-order valence-electron chi connectivity index (χ3n) is 5.70. The number of carbonyl (C=O) groups is 5. The fourth-order valence-corrected chi connectivity index (χ4v) is 4.16. The van der Waals surface area contributed by atoms with E-state index in [0.29, 0.717) is 12.2 Å². The van der Waals surface area contributed by atoms with Crippen LogP contribution in [0.4, 0.5) is 0 Å². The van der Waals surface area contributed by atoms with E-state index in [2.05, 4.69) is 21.3 Å². The van der Waals surface area contributed by atoms with Gasteiger partial charge in [0.25, 0.3) is 0 Å². The average Bonchev–Trinajstić information content (AvgIpc) is 3.26. The molecule has 1 heterocycles. The van der Waals surface area contributed by atoms with Gasteiger partial charge in [-0.2, -0.15) is 11.8 Å². The van der Waals surface area contributed by atoms with Gasteiger partial charge in [-0.3, -0.25) is 19.2 Å². The van der Waals surface area contributed by atoms with Crippen LogP contribution in [0.5, 0.6) is 0 Å². The number of hydrogen-bond donors (Lipinski definition) is 5. The van der Waals surface area contributed by atoms with Gasteiger partial charge in [0, 0.05) is 12.8 Å². The molecular formula is C24H34N4O6S. The van der Waals surface area contributed by atoms with Crippen molar-refractivity contribution in [3.63, 3.8) is 0 Å². The van der Waals surface area contributed by atoms with Crippen LogP contribution < -0.4 is 21.3 Å². The molecule has 1 aromatic rings. The fraction of sp³-hybridized carbons (Fsp3) is 0.542. The van der Waals surface area contributed by atoms with E-state index in [-0.39, 0.29) is 31.1 Å². The Morgan fingerprint density at radius 2 is 1.71 bits per heavy atom. The van der Waals surface area contributed by atoms with Crippen molar-refractivity contribution >= 4 is 41.4 Å². The molecule has 0 aromatic heterocycles. The Morgan fingerprint density at radius 3 is 2.26 bits per heavy atom. The predicted octanol–water partition coefficient (Wildman–Crippen LogP) is 0.456. The zero-order valence-corrected chi connectivity index (χ0v) is 21.0. The van der Waals surface area contributed by atoms with Gasteiger partial charge < -0.3 is 26.4 Å². The third kappa shape index (κ3) is 8.89. The first-order valence-electron chi connectivity index (χ1n) is 11.6. The molecule has 0 saturated carbocycles. The molecule has 4 atom stereocenters. The highest BCUT2D eigenvalue weighted by atomic mass is 32.2. The minimum absolute atomic E-state index is 0.144. The van der Waals surface area contributed by atoms with Crippen LogP contribution in [0.3, 0.4) is 0 Å². The number of aliphatic carboxylic acids is 1. The lowest BCUT2D eigenvalue weighted by molar-refractivity contribution is -0.142. The van der Waals surface area contributed by atoms with Crippen LogP contribution in [-0.2, 0) is 30.4 Å². The molecule has 1 aromatic carbocycles. The maximum absolute atomic E-state index is 13.2. The number of hydrogen-bond acceptors (Lipinski definition) is 6. The average molecular weight is 507 g/mol. The first-order chi connectivity index (χ1) is 16.6. The Morgan fingerprint density at radius 1 is 1.06 bits per heavy atom. The summed E-state index contributed by atoms with van der Waals surface area (Å²) < 4.78 is 0. The summed E-state index contributed by atoms with van der Waals surface area (Å²) >= 11 is 1.47. The largest absolute Gasteiger partial charge is 0.480 e. The van der Waals surface area contributed by atoms with E-state index in [1.54, 1.807) is 38.1 Å². The van der Waals surface area contributed by atoms with Crippen molar-refractivity contribution in [3.05, 3.63) is 35.9 Å². The lowest BCUT2D eigenvalue weighted by Gasteiger charge is -2.27. The molecule has 0 unspecified atom stereocenters. The molecule has 11 heteroatoms. The molecule has 0 aliphatic carbocycles. The number of rotatable bonds is 13. The summed E-state index contributed by atoms with van der Waals surface area (Å²) in [6.45, 7) is 3.51. The van der Waals surface area contributed by atoms with E-state index in [1.807, 2.05) is 12.3 Å². The molecule has 1 saturated heterocycles. The molecule has 5 N–H and O–H groups in total. The van der Waals surface area contributed by atoms with E-state index in [1.165, 1.54) is 11.8 Å². The van der Waals surface area contributed by atoms with Crippen LogP contribution in [-0.4, -0.2) is 70.9 Å². The minimum Gasteiger partial charge on any atom is -0.480 e. The highest BCUT2D eigenvalue weighted by Gasteiger charge is 2.34. The summed E-state index contributed by atoms with van der Waals surface area (Å²) in [5.74, 6) is -2.77.